The average Bonchev–Trinajstić information content (AvgIpc) is 2.95. The fourth-order valence-corrected chi connectivity index (χ4v) is 4.36. The smallest absolute Gasteiger partial charge is 0.138 e. The van der Waals surface area contributed by atoms with Gasteiger partial charge in [0.2, 0.25) is 0 Å². The van der Waals surface area contributed by atoms with Crippen LogP contribution in [0.2, 0.25) is 0 Å². The Kier molecular flexibility index (Phi) is 8.84. The van der Waals surface area contributed by atoms with E-state index >= 15 is 0 Å². The number of rotatable bonds is 11. The van der Waals surface area contributed by atoms with Crippen LogP contribution in [-0.4, -0.2) is 14.2 Å². The number of hydrogen-bond acceptors (Lipinski definition) is 5. The van der Waals surface area contributed by atoms with E-state index in [1.54, 1.807) is 14.2 Å². The molecule has 1 heterocycles. The van der Waals surface area contributed by atoms with Gasteiger partial charge in [-0.3, -0.25) is 0 Å². The lowest BCUT2D eigenvalue weighted by atomic mass is 9.86. The van der Waals surface area contributed by atoms with E-state index in [0.29, 0.717) is 22.9 Å². The summed E-state index contributed by atoms with van der Waals surface area (Å²) in [4.78, 5) is 0. The minimum atomic E-state index is -0.297. The first-order chi connectivity index (χ1) is 15.9. The van der Waals surface area contributed by atoms with Crippen molar-refractivity contribution in [1.82, 2.24) is 5.32 Å². The lowest BCUT2D eigenvalue weighted by Crippen LogP contribution is -2.22. The lowest BCUT2D eigenvalue weighted by molar-refractivity contribution is -0.105. The summed E-state index contributed by atoms with van der Waals surface area (Å²) in [6.07, 6.45) is 8.37. The zero-order valence-corrected chi connectivity index (χ0v) is 22.2. The van der Waals surface area contributed by atoms with Crippen LogP contribution in [0.1, 0.15) is 69.7 Å². The summed E-state index contributed by atoms with van der Waals surface area (Å²) in [6.45, 7) is 20.8. The highest BCUT2D eigenvalue weighted by atomic mass is 16.5. The average molecular weight is 467 g/mol. The number of nitrogens with one attached hydrogen (secondary N) is 1. The maximum absolute atomic E-state index is 6.31. The SMILES string of the molecule is C=C(N/C(C(=C)OC)=C(/CCC)OC)/C(N)=C/C=C/Cc1cc2c(cc1C)C(C)(C)OC2(C)C. The van der Waals surface area contributed by atoms with Gasteiger partial charge in [-0.25, -0.2) is 0 Å². The Balaban J connectivity index is 2.16. The fourth-order valence-electron chi connectivity index (χ4n) is 4.36. The molecule has 3 N–H and O–H groups in total. The second-order valence-electron chi connectivity index (χ2n) is 9.68. The van der Waals surface area contributed by atoms with Gasteiger partial charge in [-0.1, -0.05) is 44.4 Å². The summed E-state index contributed by atoms with van der Waals surface area (Å²) < 4.78 is 17.2. The number of ether oxygens (including phenoxy) is 3. The van der Waals surface area contributed by atoms with Crippen LogP contribution in [0.4, 0.5) is 0 Å². The van der Waals surface area contributed by atoms with Crippen LogP contribution in [0.5, 0.6) is 0 Å². The predicted octanol–water partition coefficient (Wildman–Crippen LogP) is 6.36. The Bertz CT molecular complexity index is 1030. The van der Waals surface area contributed by atoms with Gasteiger partial charge in [-0.15, -0.1) is 0 Å². The van der Waals surface area contributed by atoms with E-state index in [2.05, 4.69) is 78.2 Å². The zero-order valence-electron chi connectivity index (χ0n) is 22.2. The molecule has 186 valence electrons. The summed E-state index contributed by atoms with van der Waals surface area (Å²) in [6, 6.07) is 4.55. The normalized spacial score (nSPS) is 17.2. The summed E-state index contributed by atoms with van der Waals surface area (Å²) in [5.74, 6) is 1.22. The molecule has 5 heteroatoms. The molecule has 1 aliphatic rings. The molecule has 0 spiro atoms. The molecule has 34 heavy (non-hydrogen) atoms. The van der Waals surface area contributed by atoms with Crippen molar-refractivity contribution in [2.24, 2.45) is 5.73 Å². The van der Waals surface area contributed by atoms with Gasteiger partial charge in [0, 0.05) is 6.42 Å². The molecule has 0 atom stereocenters. The largest absolute Gasteiger partial charge is 0.499 e. The van der Waals surface area contributed by atoms with E-state index in [4.69, 9.17) is 19.9 Å². The van der Waals surface area contributed by atoms with Crippen molar-refractivity contribution in [3.63, 3.8) is 0 Å². The molecule has 5 nitrogen and oxygen atoms in total. The van der Waals surface area contributed by atoms with Gasteiger partial charge in [0.1, 0.15) is 17.2 Å². The molecular weight excluding hydrogens is 424 g/mol. The Labute approximate surface area is 206 Å². The van der Waals surface area contributed by atoms with Gasteiger partial charge >= 0.3 is 0 Å². The molecule has 0 fully saturated rings. The van der Waals surface area contributed by atoms with E-state index in [-0.39, 0.29) is 11.2 Å². The topological polar surface area (TPSA) is 65.7 Å². The minimum absolute atomic E-state index is 0.274. The number of benzene rings is 1. The maximum Gasteiger partial charge on any atom is 0.138 e. The number of fused-ring (bicyclic) bond motifs is 1. The van der Waals surface area contributed by atoms with E-state index in [1.165, 1.54) is 22.3 Å². The molecule has 0 unspecified atom stereocenters. The van der Waals surface area contributed by atoms with Crippen molar-refractivity contribution in [3.8, 4) is 0 Å². The zero-order chi connectivity index (χ0) is 25.7. The fraction of sp³-hybridized carbons (Fsp3) is 0.448. The molecule has 0 saturated carbocycles. The second-order valence-corrected chi connectivity index (χ2v) is 9.68. The van der Waals surface area contributed by atoms with Crippen molar-refractivity contribution in [3.05, 3.63) is 94.4 Å². The highest BCUT2D eigenvalue weighted by Crippen LogP contribution is 2.47. The Morgan fingerprint density at radius 1 is 1.09 bits per heavy atom. The van der Waals surface area contributed by atoms with Crippen LogP contribution >= 0.6 is 0 Å². The first-order valence-electron chi connectivity index (χ1n) is 11.8. The summed E-state index contributed by atoms with van der Waals surface area (Å²) in [7, 11) is 3.21. The van der Waals surface area contributed by atoms with Crippen LogP contribution in [0, 0.1) is 6.92 Å². The summed E-state index contributed by atoms with van der Waals surface area (Å²) >= 11 is 0. The van der Waals surface area contributed by atoms with Gasteiger partial charge < -0.3 is 25.3 Å². The van der Waals surface area contributed by atoms with Crippen LogP contribution in [0.3, 0.4) is 0 Å². The molecule has 1 aromatic rings. The quantitative estimate of drug-likeness (QED) is 0.293. The Morgan fingerprint density at radius 3 is 2.26 bits per heavy atom. The highest BCUT2D eigenvalue weighted by Gasteiger charge is 2.43. The predicted molar refractivity (Wildman–Crippen MR) is 141 cm³/mol. The van der Waals surface area contributed by atoms with Gasteiger partial charge in [-0.05, 0) is 75.8 Å². The third-order valence-corrected chi connectivity index (χ3v) is 6.19. The molecule has 1 aromatic carbocycles. The van der Waals surface area contributed by atoms with Gasteiger partial charge in [0.15, 0.2) is 0 Å². The molecule has 0 bridgehead atoms. The van der Waals surface area contributed by atoms with Crippen LogP contribution in [-0.2, 0) is 31.8 Å². The van der Waals surface area contributed by atoms with Gasteiger partial charge in [-0.2, -0.15) is 0 Å². The van der Waals surface area contributed by atoms with Crippen LogP contribution < -0.4 is 11.1 Å². The number of allylic oxidation sites excluding steroid dienone is 4. The first-order valence-corrected chi connectivity index (χ1v) is 11.8. The summed E-state index contributed by atoms with van der Waals surface area (Å²) in [5.41, 5.74) is 12.5. The van der Waals surface area contributed by atoms with E-state index < -0.39 is 0 Å². The molecule has 0 aromatic heterocycles. The molecule has 1 aliphatic heterocycles. The third kappa shape index (κ3) is 6.15. The number of hydrogen-bond donors (Lipinski definition) is 2. The molecule has 0 radical (unpaired) electrons. The number of nitrogens with two attached hydrogens (primary N) is 1. The maximum atomic E-state index is 6.31. The molecule has 0 saturated heterocycles. The van der Waals surface area contributed by atoms with E-state index in [1.807, 2.05) is 12.2 Å². The highest BCUT2D eigenvalue weighted by molar-refractivity contribution is 5.46. The Hall–Kier alpha value is -2.92. The molecule has 0 aliphatic carbocycles. The van der Waals surface area contributed by atoms with Crippen molar-refractivity contribution in [2.45, 2.75) is 72.0 Å². The first kappa shape index (κ1) is 27.3. The monoisotopic (exact) mass is 466 g/mol. The van der Waals surface area contributed by atoms with Crippen molar-refractivity contribution in [1.29, 1.82) is 0 Å². The number of aryl methyl sites for hydroxylation is 1. The molecule has 0 amide bonds. The van der Waals surface area contributed by atoms with Crippen LogP contribution in [0.25, 0.3) is 0 Å². The molecular formula is C29H42N2O3. The minimum Gasteiger partial charge on any atom is -0.499 e. The summed E-state index contributed by atoms with van der Waals surface area (Å²) in [5, 5.41) is 3.21. The van der Waals surface area contributed by atoms with Gasteiger partial charge in [0.05, 0.1) is 36.8 Å². The third-order valence-electron chi connectivity index (χ3n) is 6.19. The number of methoxy groups -OCH3 is 2. The van der Waals surface area contributed by atoms with E-state index in [0.717, 1.165) is 25.0 Å². The van der Waals surface area contributed by atoms with Gasteiger partial charge in [0.25, 0.3) is 0 Å². The molecule has 2 rings (SSSR count). The van der Waals surface area contributed by atoms with E-state index in [9.17, 15) is 0 Å². The van der Waals surface area contributed by atoms with Crippen molar-refractivity contribution >= 4 is 0 Å². The van der Waals surface area contributed by atoms with Crippen LogP contribution in [0.15, 0.2) is 72.1 Å². The second kappa shape index (κ2) is 11.0. The van der Waals surface area contributed by atoms with Crippen molar-refractivity contribution < 1.29 is 14.2 Å². The Morgan fingerprint density at radius 2 is 1.71 bits per heavy atom. The van der Waals surface area contributed by atoms with Crippen molar-refractivity contribution in [2.75, 3.05) is 14.2 Å². The standard InChI is InChI=1S/C29H42N2O3/c1-11-14-26(33-10)27(21(4)32-9)31-20(3)25(30)16-13-12-15-22-18-24-23(17-19(22)2)28(5,6)34-29(24,7)8/h12-13,16-18,31H,3-4,11,14-15,30H2,1-2,5-10H3/b13-12+,25-16-,27-26-. The lowest BCUT2D eigenvalue weighted by Gasteiger charge is -2.24.